The number of hydrogen-bond acceptors (Lipinski definition) is 4. The minimum atomic E-state index is -3.51. The van der Waals surface area contributed by atoms with E-state index in [0.717, 1.165) is 6.54 Å². The molecular weight excluding hydrogens is 334 g/mol. The van der Waals surface area contributed by atoms with Gasteiger partial charge in [0, 0.05) is 32.7 Å². The summed E-state index contributed by atoms with van der Waals surface area (Å²) in [5.74, 6) is 0. The molecular formula is C19H21N3O2S. The predicted molar refractivity (Wildman–Crippen MR) is 96.4 cm³/mol. The van der Waals surface area contributed by atoms with Crippen molar-refractivity contribution in [3.63, 3.8) is 0 Å². The molecule has 2 aromatic carbocycles. The average molecular weight is 355 g/mol. The van der Waals surface area contributed by atoms with Gasteiger partial charge in [-0.25, -0.2) is 8.42 Å². The summed E-state index contributed by atoms with van der Waals surface area (Å²) < 4.78 is 27.2. The Hall–Kier alpha value is -2.20. The molecule has 0 amide bonds. The third-order valence-electron chi connectivity index (χ3n) is 4.54. The SMILES string of the molecule is Cc1cc(S(=O)(=O)N2CCN(Cc3ccccc3)CC2)ccc1C#N. The number of sulfonamides is 1. The molecule has 5 nitrogen and oxygen atoms in total. The summed E-state index contributed by atoms with van der Waals surface area (Å²) >= 11 is 0. The van der Waals surface area contributed by atoms with Crippen LogP contribution < -0.4 is 0 Å². The van der Waals surface area contributed by atoms with Crippen molar-refractivity contribution < 1.29 is 8.42 Å². The molecule has 0 aromatic heterocycles. The van der Waals surface area contributed by atoms with Crippen molar-refractivity contribution in [2.24, 2.45) is 0 Å². The first-order valence-electron chi connectivity index (χ1n) is 8.28. The van der Waals surface area contributed by atoms with E-state index in [1.165, 1.54) is 15.9 Å². The summed E-state index contributed by atoms with van der Waals surface area (Å²) in [7, 11) is -3.51. The van der Waals surface area contributed by atoms with E-state index in [4.69, 9.17) is 5.26 Å². The van der Waals surface area contributed by atoms with Crippen molar-refractivity contribution in [3.05, 3.63) is 65.2 Å². The van der Waals surface area contributed by atoms with Crippen LogP contribution in [0.15, 0.2) is 53.4 Å². The van der Waals surface area contributed by atoms with Crippen LogP contribution in [0.5, 0.6) is 0 Å². The first kappa shape index (κ1) is 17.6. The fourth-order valence-electron chi connectivity index (χ4n) is 3.04. The van der Waals surface area contributed by atoms with Crippen molar-refractivity contribution in [1.82, 2.24) is 9.21 Å². The van der Waals surface area contributed by atoms with Crippen LogP contribution in [-0.4, -0.2) is 43.8 Å². The van der Waals surface area contributed by atoms with Gasteiger partial charge in [-0.15, -0.1) is 0 Å². The molecule has 1 heterocycles. The largest absolute Gasteiger partial charge is 0.296 e. The summed E-state index contributed by atoms with van der Waals surface area (Å²) in [6, 6.07) is 17.0. The lowest BCUT2D eigenvalue weighted by molar-refractivity contribution is 0.181. The molecule has 0 N–H and O–H groups in total. The smallest absolute Gasteiger partial charge is 0.243 e. The minimum absolute atomic E-state index is 0.264. The molecule has 0 atom stereocenters. The minimum Gasteiger partial charge on any atom is -0.296 e. The van der Waals surface area contributed by atoms with Gasteiger partial charge in [0.15, 0.2) is 0 Å². The quantitative estimate of drug-likeness (QED) is 0.845. The van der Waals surface area contributed by atoms with Crippen molar-refractivity contribution in [3.8, 4) is 6.07 Å². The van der Waals surface area contributed by atoms with E-state index >= 15 is 0 Å². The fourth-order valence-corrected chi connectivity index (χ4v) is 4.55. The molecule has 0 bridgehead atoms. The van der Waals surface area contributed by atoms with E-state index in [1.807, 2.05) is 18.2 Å². The summed E-state index contributed by atoms with van der Waals surface area (Å²) in [5, 5.41) is 9.00. The first-order valence-corrected chi connectivity index (χ1v) is 9.72. The Bertz CT molecular complexity index is 881. The van der Waals surface area contributed by atoms with Crippen LogP contribution in [0, 0.1) is 18.3 Å². The maximum atomic E-state index is 12.8. The van der Waals surface area contributed by atoms with E-state index < -0.39 is 10.0 Å². The van der Waals surface area contributed by atoms with Crippen LogP contribution in [0.4, 0.5) is 0 Å². The Kier molecular flexibility index (Phi) is 5.19. The molecule has 0 aliphatic carbocycles. The van der Waals surface area contributed by atoms with Gasteiger partial charge in [0.1, 0.15) is 0 Å². The normalized spacial score (nSPS) is 16.5. The Morgan fingerprint density at radius 2 is 1.72 bits per heavy atom. The molecule has 0 spiro atoms. The second-order valence-corrected chi connectivity index (χ2v) is 8.19. The lowest BCUT2D eigenvalue weighted by Gasteiger charge is -2.34. The van der Waals surface area contributed by atoms with Crippen LogP contribution >= 0.6 is 0 Å². The maximum absolute atomic E-state index is 12.8. The van der Waals surface area contributed by atoms with Gasteiger partial charge in [-0.05, 0) is 36.2 Å². The van der Waals surface area contributed by atoms with Crippen molar-refractivity contribution in [2.45, 2.75) is 18.4 Å². The Labute approximate surface area is 149 Å². The number of hydrogen-bond donors (Lipinski definition) is 0. The molecule has 1 fully saturated rings. The van der Waals surface area contributed by atoms with Gasteiger partial charge in [0.25, 0.3) is 0 Å². The predicted octanol–water partition coefficient (Wildman–Crippen LogP) is 2.37. The summed E-state index contributed by atoms with van der Waals surface area (Å²) in [5.41, 5.74) is 2.43. The molecule has 130 valence electrons. The van der Waals surface area contributed by atoms with Gasteiger partial charge in [0.05, 0.1) is 16.5 Å². The highest BCUT2D eigenvalue weighted by Crippen LogP contribution is 2.21. The van der Waals surface area contributed by atoms with Gasteiger partial charge in [0.2, 0.25) is 10.0 Å². The van der Waals surface area contributed by atoms with Gasteiger partial charge in [-0.3, -0.25) is 4.90 Å². The van der Waals surface area contributed by atoms with E-state index in [1.54, 1.807) is 19.1 Å². The number of nitrogens with zero attached hydrogens (tertiary/aromatic N) is 3. The standard InChI is InChI=1S/C19H21N3O2S/c1-16-13-19(8-7-18(16)14-20)25(23,24)22-11-9-21(10-12-22)15-17-5-3-2-4-6-17/h2-8,13H,9-12,15H2,1H3. The second-order valence-electron chi connectivity index (χ2n) is 6.25. The second kappa shape index (κ2) is 7.36. The number of benzene rings is 2. The molecule has 1 aliphatic rings. The molecule has 1 saturated heterocycles. The molecule has 0 saturated carbocycles. The Morgan fingerprint density at radius 3 is 2.32 bits per heavy atom. The monoisotopic (exact) mass is 355 g/mol. The number of rotatable bonds is 4. The molecule has 25 heavy (non-hydrogen) atoms. The summed E-state index contributed by atoms with van der Waals surface area (Å²) in [6.45, 7) is 4.98. The van der Waals surface area contributed by atoms with Crippen LogP contribution in [0.25, 0.3) is 0 Å². The van der Waals surface area contributed by atoms with E-state index in [-0.39, 0.29) is 4.90 Å². The maximum Gasteiger partial charge on any atom is 0.243 e. The van der Waals surface area contributed by atoms with Crippen molar-refractivity contribution in [1.29, 1.82) is 5.26 Å². The zero-order valence-corrected chi connectivity index (χ0v) is 15.0. The topological polar surface area (TPSA) is 64.4 Å². The highest BCUT2D eigenvalue weighted by atomic mass is 32.2. The van der Waals surface area contributed by atoms with Gasteiger partial charge in [-0.1, -0.05) is 30.3 Å². The lowest BCUT2D eigenvalue weighted by Crippen LogP contribution is -2.48. The number of piperazine rings is 1. The van der Waals surface area contributed by atoms with E-state index in [0.29, 0.717) is 37.3 Å². The summed E-state index contributed by atoms with van der Waals surface area (Å²) in [6.07, 6.45) is 0. The molecule has 0 radical (unpaired) electrons. The van der Waals surface area contributed by atoms with E-state index in [9.17, 15) is 8.42 Å². The zero-order chi connectivity index (χ0) is 17.9. The van der Waals surface area contributed by atoms with Crippen LogP contribution in [0.1, 0.15) is 16.7 Å². The Balaban J connectivity index is 1.67. The molecule has 1 aliphatic heterocycles. The first-order chi connectivity index (χ1) is 12.0. The van der Waals surface area contributed by atoms with Gasteiger partial charge < -0.3 is 0 Å². The van der Waals surface area contributed by atoms with Crippen molar-refractivity contribution in [2.75, 3.05) is 26.2 Å². The number of nitriles is 1. The van der Waals surface area contributed by atoms with E-state index in [2.05, 4.69) is 23.1 Å². The fraction of sp³-hybridized carbons (Fsp3) is 0.316. The lowest BCUT2D eigenvalue weighted by atomic mass is 10.1. The van der Waals surface area contributed by atoms with Crippen LogP contribution in [-0.2, 0) is 16.6 Å². The van der Waals surface area contributed by atoms with Gasteiger partial charge >= 0.3 is 0 Å². The third kappa shape index (κ3) is 3.90. The highest BCUT2D eigenvalue weighted by Gasteiger charge is 2.28. The molecule has 3 rings (SSSR count). The molecule has 2 aromatic rings. The molecule has 0 unspecified atom stereocenters. The molecule has 6 heteroatoms. The third-order valence-corrected chi connectivity index (χ3v) is 6.43. The highest BCUT2D eigenvalue weighted by molar-refractivity contribution is 7.89. The van der Waals surface area contributed by atoms with Gasteiger partial charge in [-0.2, -0.15) is 9.57 Å². The Morgan fingerprint density at radius 1 is 1.04 bits per heavy atom. The summed E-state index contributed by atoms with van der Waals surface area (Å²) in [4.78, 5) is 2.53. The van der Waals surface area contributed by atoms with Crippen molar-refractivity contribution >= 4 is 10.0 Å². The van der Waals surface area contributed by atoms with Crippen LogP contribution in [0.2, 0.25) is 0 Å². The van der Waals surface area contributed by atoms with Crippen LogP contribution in [0.3, 0.4) is 0 Å². The zero-order valence-electron chi connectivity index (χ0n) is 14.2. The number of aryl methyl sites for hydroxylation is 1. The average Bonchev–Trinajstić information content (AvgIpc) is 2.63.